The Kier molecular flexibility index (Phi) is 3.89. The van der Waals surface area contributed by atoms with Gasteiger partial charge in [-0.25, -0.2) is 4.79 Å². The highest BCUT2D eigenvalue weighted by Gasteiger charge is 2.86. The SMILES string of the molecule is CCC1(OC(=O)COC(=O)CC(C)(C)C)CC2CC1C1C3CC4(CC)C3C4C21. The van der Waals surface area contributed by atoms with Crippen molar-refractivity contribution in [2.75, 3.05) is 6.61 Å². The van der Waals surface area contributed by atoms with Crippen molar-refractivity contribution in [2.24, 2.45) is 52.3 Å². The van der Waals surface area contributed by atoms with E-state index >= 15 is 0 Å². The van der Waals surface area contributed by atoms with E-state index in [0.717, 1.165) is 53.8 Å². The molecule has 5 aliphatic carbocycles. The van der Waals surface area contributed by atoms with Crippen LogP contribution in [0.4, 0.5) is 0 Å². The summed E-state index contributed by atoms with van der Waals surface area (Å²) in [6.07, 6.45) is 6.29. The summed E-state index contributed by atoms with van der Waals surface area (Å²) in [5, 5.41) is 0. The highest BCUT2D eigenvalue weighted by atomic mass is 16.6. The molecule has 0 N–H and O–H groups in total. The van der Waals surface area contributed by atoms with Crippen LogP contribution in [0.3, 0.4) is 0 Å². The Hall–Kier alpha value is -1.06. The van der Waals surface area contributed by atoms with Crippen LogP contribution in [0.15, 0.2) is 0 Å². The lowest BCUT2D eigenvalue weighted by atomic mass is 9.56. The van der Waals surface area contributed by atoms with Gasteiger partial charge in [0.15, 0.2) is 6.61 Å². The van der Waals surface area contributed by atoms with Crippen LogP contribution < -0.4 is 0 Å². The molecule has 4 nitrogen and oxygen atoms in total. The van der Waals surface area contributed by atoms with Crippen LogP contribution in [0.2, 0.25) is 0 Å². The second kappa shape index (κ2) is 5.76. The second-order valence-corrected chi connectivity index (χ2v) is 11.8. The average Bonchev–Trinajstić information content (AvgIpc) is 2.97. The van der Waals surface area contributed by atoms with Gasteiger partial charge in [-0.1, -0.05) is 34.6 Å². The summed E-state index contributed by atoms with van der Waals surface area (Å²) in [5.74, 6) is 5.21. The van der Waals surface area contributed by atoms with Crippen molar-refractivity contribution in [3.8, 4) is 0 Å². The number of fused-ring (bicyclic) bond motifs is 8. The van der Waals surface area contributed by atoms with E-state index in [1.807, 2.05) is 20.8 Å². The third kappa shape index (κ3) is 2.35. The van der Waals surface area contributed by atoms with Crippen LogP contribution in [0.1, 0.15) is 73.1 Å². The first-order chi connectivity index (χ1) is 13.2. The number of hydrogen-bond donors (Lipinski definition) is 0. The van der Waals surface area contributed by atoms with Gasteiger partial charge in [-0.15, -0.1) is 0 Å². The standard InChI is InChI=1S/C24H36O4/c1-6-23-10-14-19-15-8-13(18(19)21(23)20(14)23)9-24(15,7-2)28-17(26)12-27-16(25)11-22(3,4)5/h13-15,18-21H,6-12H2,1-5H3. The summed E-state index contributed by atoms with van der Waals surface area (Å²) < 4.78 is 11.3. The Labute approximate surface area is 169 Å². The average molecular weight is 389 g/mol. The Bertz CT molecular complexity index is 708. The van der Waals surface area contributed by atoms with Gasteiger partial charge < -0.3 is 9.47 Å². The van der Waals surface area contributed by atoms with Crippen LogP contribution >= 0.6 is 0 Å². The molecule has 0 aliphatic heterocycles. The fourth-order valence-electron chi connectivity index (χ4n) is 8.74. The zero-order valence-electron chi connectivity index (χ0n) is 18.1. The lowest BCUT2D eigenvalue weighted by Gasteiger charge is -2.51. The lowest BCUT2D eigenvalue weighted by Crippen LogP contribution is -2.51. The fourth-order valence-corrected chi connectivity index (χ4v) is 8.74. The Balaban J connectivity index is 1.22. The predicted molar refractivity (Wildman–Crippen MR) is 105 cm³/mol. The van der Waals surface area contributed by atoms with Crippen molar-refractivity contribution in [1.82, 2.24) is 0 Å². The minimum absolute atomic E-state index is 0.134. The van der Waals surface area contributed by atoms with Gasteiger partial charge in [0.25, 0.3) is 0 Å². The first kappa shape index (κ1) is 18.9. The zero-order valence-corrected chi connectivity index (χ0v) is 18.1. The van der Waals surface area contributed by atoms with Crippen LogP contribution in [-0.2, 0) is 19.1 Å². The topological polar surface area (TPSA) is 52.6 Å². The summed E-state index contributed by atoms with van der Waals surface area (Å²) >= 11 is 0. The second-order valence-electron chi connectivity index (χ2n) is 11.8. The molecule has 0 spiro atoms. The van der Waals surface area contributed by atoms with Crippen molar-refractivity contribution in [2.45, 2.75) is 78.7 Å². The van der Waals surface area contributed by atoms with Crippen LogP contribution in [0.5, 0.6) is 0 Å². The van der Waals surface area contributed by atoms with Crippen molar-refractivity contribution in [3.05, 3.63) is 0 Å². The highest BCUT2D eigenvalue weighted by molar-refractivity contribution is 5.77. The molecule has 156 valence electrons. The first-order valence-corrected chi connectivity index (χ1v) is 11.5. The fraction of sp³-hybridized carbons (Fsp3) is 0.917. The molecule has 4 heteroatoms. The maximum absolute atomic E-state index is 12.6. The monoisotopic (exact) mass is 388 g/mol. The molecule has 28 heavy (non-hydrogen) atoms. The summed E-state index contributed by atoms with van der Waals surface area (Å²) in [7, 11) is 0. The molecular formula is C24H36O4. The molecule has 5 rings (SSSR count). The quantitative estimate of drug-likeness (QED) is 0.624. The van der Waals surface area contributed by atoms with E-state index in [9.17, 15) is 9.59 Å². The number of ether oxygens (including phenoxy) is 2. The molecule has 5 aliphatic rings. The molecule has 9 atom stereocenters. The van der Waals surface area contributed by atoms with Crippen LogP contribution in [0, 0.1) is 52.3 Å². The number of carbonyl (C=O) groups excluding carboxylic acids is 2. The highest BCUT2D eigenvalue weighted by Crippen LogP contribution is 2.90. The number of esters is 2. The van der Waals surface area contributed by atoms with Gasteiger partial charge >= 0.3 is 11.9 Å². The maximum atomic E-state index is 12.6. The number of carbonyl (C=O) groups is 2. The van der Waals surface area contributed by atoms with Crippen LogP contribution in [-0.4, -0.2) is 24.1 Å². The summed E-state index contributed by atoms with van der Waals surface area (Å²) in [6.45, 7) is 10.3. The van der Waals surface area contributed by atoms with E-state index in [1.165, 1.54) is 19.3 Å². The molecule has 0 saturated heterocycles. The van der Waals surface area contributed by atoms with Gasteiger partial charge in [-0.2, -0.15) is 0 Å². The molecule has 0 aromatic heterocycles. The van der Waals surface area contributed by atoms with Gasteiger partial charge in [0.1, 0.15) is 5.60 Å². The van der Waals surface area contributed by atoms with Gasteiger partial charge in [0.2, 0.25) is 0 Å². The Morgan fingerprint density at radius 2 is 1.75 bits per heavy atom. The Morgan fingerprint density at radius 1 is 1.00 bits per heavy atom. The number of hydrogen-bond acceptors (Lipinski definition) is 4. The molecule has 2 bridgehead atoms. The largest absolute Gasteiger partial charge is 0.456 e. The van der Waals surface area contributed by atoms with E-state index in [2.05, 4.69) is 13.8 Å². The normalized spacial score (nSPS) is 49.2. The molecule has 9 unspecified atom stereocenters. The van der Waals surface area contributed by atoms with Gasteiger partial charge in [-0.3, -0.25) is 4.79 Å². The summed E-state index contributed by atoms with van der Waals surface area (Å²) in [6, 6.07) is 0. The van der Waals surface area contributed by atoms with Crippen molar-refractivity contribution in [3.63, 3.8) is 0 Å². The van der Waals surface area contributed by atoms with Gasteiger partial charge in [0.05, 0.1) is 6.42 Å². The smallest absolute Gasteiger partial charge is 0.344 e. The van der Waals surface area contributed by atoms with E-state index in [0.29, 0.717) is 12.3 Å². The predicted octanol–water partition coefficient (Wildman–Crippen LogP) is 4.61. The van der Waals surface area contributed by atoms with Gasteiger partial charge in [-0.05, 0) is 78.4 Å². The molecule has 0 radical (unpaired) electrons. The van der Waals surface area contributed by atoms with Crippen molar-refractivity contribution < 1.29 is 19.1 Å². The van der Waals surface area contributed by atoms with Crippen molar-refractivity contribution in [1.29, 1.82) is 0 Å². The molecular weight excluding hydrogens is 352 g/mol. The zero-order chi connectivity index (χ0) is 20.1. The lowest BCUT2D eigenvalue weighted by molar-refractivity contribution is -0.183. The molecule has 0 amide bonds. The minimum atomic E-state index is -0.354. The molecule has 0 heterocycles. The molecule has 0 aromatic carbocycles. The van der Waals surface area contributed by atoms with E-state index in [1.54, 1.807) is 0 Å². The maximum Gasteiger partial charge on any atom is 0.344 e. The van der Waals surface area contributed by atoms with Gasteiger partial charge in [0, 0.05) is 5.92 Å². The third-order valence-electron chi connectivity index (χ3n) is 9.48. The van der Waals surface area contributed by atoms with E-state index in [4.69, 9.17) is 9.47 Å². The van der Waals surface area contributed by atoms with Crippen LogP contribution in [0.25, 0.3) is 0 Å². The third-order valence-corrected chi connectivity index (χ3v) is 9.48. The number of rotatable bonds is 6. The summed E-state index contributed by atoms with van der Waals surface area (Å²) in [5.41, 5.74) is 0.286. The first-order valence-electron chi connectivity index (χ1n) is 11.5. The minimum Gasteiger partial charge on any atom is -0.456 e. The van der Waals surface area contributed by atoms with Crippen molar-refractivity contribution >= 4 is 11.9 Å². The molecule has 5 saturated carbocycles. The summed E-state index contributed by atoms with van der Waals surface area (Å²) in [4.78, 5) is 24.5. The molecule has 5 fully saturated rings. The van der Waals surface area contributed by atoms with E-state index in [-0.39, 0.29) is 29.6 Å². The molecule has 0 aromatic rings. The van der Waals surface area contributed by atoms with E-state index < -0.39 is 0 Å². The Morgan fingerprint density at radius 3 is 2.39 bits per heavy atom.